The number of anilines is 4. The molecular formula is C22H24FN5. The monoisotopic (exact) mass is 377 g/mol. The fraction of sp³-hybridized carbons (Fsp3) is 0.273. The number of para-hydroxylation sites is 2. The maximum absolute atomic E-state index is 14.1. The van der Waals surface area contributed by atoms with E-state index >= 15 is 0 Å². The van der Waals surface area contributed by atoms with Gasteiger partial charge in [-0.3, -0.25) is 0 Å². The number of halogens is 1. The van der Waals surface area contributed by atoms with Gasteiger partial charge in [-0.2, -0.15) is 4.98 Å². The van der Waals surface area contributed by atoms with Gasteiger partial charge < -0.3 is 14.7 Å². The molecule has 2 aromatic carbocycles. The summed E-state index contributed by atoms with van der Waals surface area (Å²) in [6.07, 6.45) is 1.81. The molecule has 1 aliphatic heterocycles. The van der Waals surface area contributed by atoms with Gasteiger partial charge in [0.1, 0.15) is 11.6 Å². The van der Waals surface area contributed by atoms with Crippen LogP contribution in [0.5, 0.6) is 0 Å². The van der Waals surface area contributed by atoms with E-state index in [1.54, 1.807) is 6.07 Å². The third-order valence-corrected chi connectivity index (χ3v) is 5.05. The number of nitrogens with zero attached hydrogens (tertiary/aromatic N) is 5. The predicted octanol–water partition coefficient (Wildman–Crippen LogP) is 4.10. The zero-order valence-corrected chi connectivity index (χ0v) is 16.0. The molecule has 0 aliphatic carbocycles. The van der Waals surface area contributed by atoms with Gasteiger partial charge >= 0.3 is 0 Å². The molecule has 1 fully saturated rings. The minimum Gasteiger partial charge on any atom is -0.366 e. The van der Waals surface area contributed by atoms with Crippen LogP contribution in [0.1, 0.15) is 6.92 Å². The second-order valence-electron chi connectivity index (χ2n) is 6.72. The summed E-state index contributed by atoms with van der Waals surface area (Å²) in [4.78, 5) is 15.7. The molecule has 144 valence electrons. The van der Waals surface area contributed by atoms with E-state index in [1.165, 1.54) is 6.07 Å². The van der Waals surface area contributed by atoms with Crippen LogP contribution in [0.2, 0.25) is 0 Å². The second kappa shape index (κ2) is 8.25. The first kappa shape index (κ1) is 18.2. The van der Waals surface area contributed by atoms with E-state index in [-0.39, 0.29) is 5.82 Å². The smallest absolute Gasteiger partial charge is 0.231 e. The molecule has 6 heteroatoms. The SMILES string of the molecule is CCN(c1ccccc1)c1nccc(N2CCN(c3ccccc3F)CC2)n1. The molecule has 0 radical (unpaired) electrons. The highest BCUT2D eigenvalue weighted by Gasteiger charge is 2.21. The van der Waals surface area contributed by atoms with Crippen LogP contribution in [-0.4, -0.2) is 42.7 Å². The number of hydrogen-bond acceptors (Lipinski definition) is 5. The Morgan fingerprint density at radius 1 is 0.893 bits per heavy atom. The van der Waals surface area contributed by atoms with Crippen LogP contribution in [0.25, 0.3) is 0 Å². The van der Waals surface area contributed by atoms with E-state index in [1.807, 2.05) is 42.6 Å². The summed E-state index contributed by atoms with van der Waals surface area (Å²) < 4.78 is 14.1. The van der Waals surface area contributed by atoms with Crippen molar-refractivity contribution in [1.82, 2.24) is 9.97 Å². The summed E-state index contributed by atoms with van der Waals surface area (Å²) in [5.41, 5.74) is 1.75. The molecule has 4 rings (SSSR count). The maximum Gasteiger partial charge on any atom is 0.231 e. The summed E-state index contributed by atoms with van der Waals surface area (Å²) in [5.74, 6) is 1.44. The van der Waals surface area contributed by atoms with Crippen molar-refractivity contribution < 1.29 is 4.39 Å². The molecule has 1 aliphatic rings. The van der Waals surface area contributed by atoms with E-state index in [0.29, 0.717) is 11.6 Å². The highest BCUT2D eigenvalue weighted by Crippen LogP contribution is 2.25. The summed E-state index contributed by atoms with van der Waals surface area (Å²) in [6.45, 7) is 5.99. The van der Waals surface area contributed by atoms with E-state index in [0.717, 1.165) is 44.2 Å². The highest BCUT2D eigenvalue weighted by atomic mass is 19.1. The van der Waals surface area contributed by atoms with Gasteiger partial charge in [-0.1, -0.05) is 30.3 Å². The average molecular weight is 377 g/mol. The molecule has 0 amide bonds. The first-order valence-electron chi connectivity index (χ1n) is 9.66. The van der Waals surface area contributed by atoms with Crippen LogP contribution in [-0.2, 0) is 0 Å². The van der Waals surface area contributed by atoms with Gasteiger partial charge in [-0.15, -0.1) is 0 Å². The first-order valence-corrected chi connectivity index (χ1v) is 9.66. The van der Waals surface area contributed by atoms with Gasteiger partial charge in [0, 0.05) is 44.6 Å². The lowest BCUT2D eigenvalue weighted by Crippen LogP contribution is -2.47. The fourth-order valence-electron chi connectivity index (χ4n) is 3.58. The Morgan fingerprint density at radius 3 is 2.29 bits per heavy atom. The Balaban J connectivity index is 1.49. The predicted molar refractivity (Wildman–Crippen MR) is 112 cm³/mol. The van der Waals surface area contributed by atoms with E-state index in [4.69, 9.17) is 4.98 Å². The third kappa shape index (κ3) is 3.76. The number of benzene rings is 2. The fourth-order valence-corrected chi connectivity index (χ4v) is 3.58. The molecule has 3 aromatic rings. The normalized spacial score (nSPS) is 14.2. The molecule has 2 heterocycles. The Labute approximate surface area is 165 Å². The van der Waals surface area contributed by atoms with Crippen LogP contribution in [0.3, 0.4) is 0 Å². The molecule has 1 saturated heterocycles. The Morgan fingerprint density at radius 2 is 1.57 bits per heavy atom. The lowest BCUT2D eigenvalue weighted by atomic mass is 10.2. The summed E-state index contributed by atoms with van der Waals surface area (Å²) in [6, 6.07) is 19.1. The average Bonchev–Trinajstić information content (AvgIpc) is 2.76. The van der Waals surface area contributed by atoms with E-state index < -0.39 is 0 Å². The van der Waals surface area contributed by atoms with E-state index in [9.17, 15) is 4.39 Å². The summed E-state index contributed by atoms with van der Waals surface area (Å²) in [7, 11) is 0. The van der Waals surface area contributed by atoms with Crippen LogP contribution < -0.4 is 14.7 Å². The molecule has 28 heavy (non-hydrogen) atoms. The molecule has 0 atom stereocenters. The van der Waals surface area contributed by atoms with Crippen molar-refractivity contribution in [2.45, 2.75) is 6.92 Å². The molecular weight excluding hydrogens is 353 g/mol. The van der Waals surface area contributed by atoms with Gasteiger partial charge in [0.15, 0.2) is 0 Å². The molecule has 0 saturated carbocycles. The van der Waals surface area contributed by atoms with Crippen molar-refractivity contribution in [2.75, 3.05) is 47.4 Å². The molecule has 0 N–H and O–H groups in total. The van der Waals surface area contributed by atoms with Crippen molar-refractivity contribution in [3.63, 3.8) is 0 Å². The topological polar surface area (TPSA) is 35.5 Å². The van der Waals surface area contributed by atoms with Crippen LogP contribution in [0.15, 0.2) is 66.9 Å². The quantitative estimate of drug-likeness (QED) is 0.669. The Kier molecular flexibility index (Phi) is 5.37. The molecule has 1 aromatic heterocycles. The van der Waals surface area contributed by atoms with Gasteiger partial charge in [0.25, 0.3) is 0 Å². The van der Waals surface area contributed by atoms with Crippen molar-refractivity contribution in [2.24, 2.45) is 0 Å². The Bertz CT molecular complexity index is 910. The lowest BCUT2D eigenvalue weighted by molar-refractivity contribution is 0.596. The molecule has 0 bridgehead atoms. The molecule has 0 spiro atoms. The number of hydrogen-bond donors (Lipinski definition) is 0. The standard InChI is InChI=1S/C22H24FN5/c1-2-28(18-8-4-3-5-9-18)22-24-13-12-21(25-22)27-16-14-26(15-17-27)20-11-7-6-10-19(20)23/h3-13H,2,14-17H2,1H3. The number of piperazine rings is 1. The van der Waals surface area contributed by atoms with Gasteiger partial charge in [-0.25, -0.2) is 9.37 Å². The van der Waals surface area contributed by atoms with Gasteiger partial charge in [0.05, 0.1) is 5.69 Å². The van der Waals surface area contributed by atoms with Crippen molar-refractivity contribution >= 4 is 23.1 Å². The summed E-state index contributed by atoms with van der Waals surface area (Å²) in [5, 5.41) is 0. The first-order chi connectivity index (χ1) is 13.8. The van der Waals surface area contributed by atoms with Crippen LogP contribution in [0.4, 0.5) is 27.5 Å². The lowest BCUT2D eigenvalue weighted by Gasteiger charge is -2.37. The van der Waals surface area contributed by atoms with Crippen LogP contribution >= 0.6 is 0 Å². The third-order valence-electron chi connectivity index (χ3n) is 5.05. The molecule has 0 unspecified atom stereocenters. The largest absolute Gasteiger partial charge is 0.366 e. The van der Waals surface area contributed by atoms with Gasteiger partial charge in [-0.05, 0) is 37.3 Å². The molecule has 5 nitrogen and oxygen atoms in total. The zero-order valence-electron chi connectivity index (χ0n) is 16.0. The number of aromatic nitrogens is 2. The second-order valence-corrected chi connectivity index (χ2v) is 6.72. The summed E-state index contributed by atoms with van der Waals surface area (Å²) >= 11 is 0. The Hall–Kier alpha value is -3.15. The minimum atomic E-state index is -0.165. The van der Waals surface area contributed by atoms with Crippen molar-refractivity contribution in [3.05, 3.63) is 72.7 Å². The van der Waals surface area contributed by atoms with Crippen molar-refractivity contribution in [3.8, 4) is 0 Å². The number of rotatable bonds is 5. The van der Waals surface area contributed by atoms with Gasteiger partial charge in [0.2, 0.25) is 5.95 Å². The van der Waals surface area contributed by atoms with Crippen molar-refractivity contribution in [1.29, 1.82) is 0 Å². The van der Waals surface area contributed by atoms with Crippen LogP contribution in [0, 0.1) is 5.82 Å². The maximum atomic E-state index is 14.1. The van der Waals surface area contributed by atoms with E-state index in [2.05, 4.69) is 38.7 Å². The highest BCUT2D eigenvalue weighted by molar-refractivity contribution is 5.58. The minimum absolute atomic E-state index is 0.165. The zero-order chi connectivity index (χ0) is 19.3.